The minimum atomic E-state index is -0.459. The predicted octanol–water partition coefficient (Wildman–Crippen LogP) is 5.01. The second-order valence-electron chi connectivity index (χ2n) is 5.75. The molecule has 0 aromatic heterocycles. The Hall–Kier alpha value is -2.20. The Labute approximate surface area is 147 Å². The van der Waals surface area contributed by atoms with Gasteiger partial charge < -0.3 is 14.2 Å². The van der Waals surface area contributed by atoms with Crippen LogP contribution >= 0.6 is 11.6 Å². The number of hydrogen-bond donors (Lipinski definition) is 0. The van der Waals surface area contributed by atoms with E-state index in [2.05, 4.69) is 0 Å². The topological polar surface area (TPSA) is 44.8 Å². The van der Waals surface area contributed by atoms with Crippen LogP contribution in [0.3, 0.4) is 0 Å². The van der Waals surface area contributed by atoms with E-state index >= 15 is 0 Å². The summed E-state index contributed by atoms with van der Waals surface area (Å²) < 4.78 is 16.0. The zero-order chi connectivity index (χ0) is 17.9. The first-order chi connectivity index (χ1) is 11.4. The van der Waals surface area contributed by atoms with Gasteiger partial charge in [-0.3, -0.25) is 0 Å². The molecule has 0 saturated heterocycles. The number of benzene rings is 2. The fraction of sp³-hybridized carbons (Fsp3) is 0.316. The van der Waals surface area contributed by atoms with E-state index in [4.69, 9.17) is 25.8 Å². The first kappa shape index (κ1) is 18.1. The van der Waals surface area contributed by atoms with Crippen LogP contribution in [0, 0.1) is 6.92 Å². The van der Waals surface area contributed by atoms with Crippen molar-refractivity contribution in [2.75, 3.05) is 14.2 Å². The van der Waals surface area contributed by atoms with E-state index in [-0.39, 0.29) is 5.92 Å². The van der Waals surface area contributed by atoms with E-state index in [9.17, 15) is 4.79 Å². The van der Waals surface area contributed by atoms with Crippen LogP contribution in [0.15, 0.2) is 30.3 Å². The number of carbonyl (C=O) groups is 1. The molecule has 0 fully saturated rings. The third-order valence-electron chi connectivity index (χ3n) is 3.73. The number of ether oxygens (including phenoxy) is 3. The molecule has 0 aliphatic heterocycles. The predicted molar refractivity (Wildman–Crippen MR) is 94.8 cm³/mol. The molecule has 0 bridgehead atoms. The van der Waals surface area contributed by atoms with Crippen LogP contribution < -0.4 is 14.2 Å². The van der Waals surface area contributed by atoms with Gasteiger partial charge in [-0.15, -0.1) is 0 Å². The summed E-state index contributed by atoms with van der Waals surface area (Å²) >= 11 is 6.19. The van der Waals surface area contributed by atoms with Gasteiger partial charge in [0.05, 0.1) is 19.8 Å². The smallest absolute Gasteiger partial charge is 0.343 e. The molecule has 4 nitrogen and oxygen atoms in total. The van der Waals surface area contributed by atoms with Gasteiger partial charge in [-0.25, -0.2) is 4.79 Å². The minimum Gasteiger partial charge on any atom is -0.493 e. The van der Waals surface area contributed by atoms with Gasteiger partial charge in [-0.05, 0) is 54.3 Å². The summed E-state index contributed by atoms with van der Waals surface area (Å²) in [5, 5.41) is 0.657. The maximum atomic E-state index is 12.5. The molecule has 0 amide bonds. The summed E-state index contributed by atoms with van der Waals surface area (Å²) in [7, 11) is 3.06. The van der Waals surface area contributed by atoms with Crippen molar-refractivity contribution in [2.24, 2.45) is 0 Å². The normalized spacial score (nSPS) is 10.6. The number of carbonyl (C=O) groups excluding carboxylic acids is 1. The van der Waals surface area contributed by atoms with Crippen LogP contribution in [-0.4, -0.2) is 20.2 Å². The molecular weight excluding hydrogens is 328 g/mol. The van der Waals surface area contributed by atoms with E-state index in [1.165, 1.54) is 7.11 Å². The van der Waals surface area contributed by atoms with E-state index in [0.717, 1.165) is 11.1 Å². The standard InChI is InChI=1S/C19H21ClO4/c1-11(2)14-10-15(20)12(3)8-17(14)24-19(21)13-6-7-16(22-4)18(9-13)23-5/h6-11H,1-5H3. The molecule has 0 heterocycles. The Balaban J connectivity index is 2.35. The highest BCUT2D eigenvalue weighted by atomic mass is 35.5. The lowest BCUT2D eigenvalue weighted by Gasteiger charge is -2.15. The lowest BCUT2D eigenvalue weighted by molar-refractivity contribution is 0.0732. The van der Waals surface area contributed by atoms with Crippen molar-refractivity contribution in [2.45, 2.75) is 26.7 Å². The van der Waals surface area contributed by atoms with E-state index in [1.807, 2.05) is 26.8 Å². The lowest BCUT2D eigenvalue weighted by atomic mass is 10.0. The zero-order valence-electron chi connectivity index (χ0n) is 14.5. The highest BCUT2D eigenvalue weighted by molar-refractivity contribution is 6.31. The summed E-state index contributed by atoms with van der Waals surface area (Å²) in [4.78, 5) is 12.5. The third kappa shape index (κ3) is 3.82. The first-order valence-electron chi connectivity index (χ1n) is 7.61. The second-order valence-corrected chi connectivity index (χ2v) is 6.16. The highest BCUT2D eigenvalue weighted by Gasteiger charge is 2.17. The summed E-state index contributed by atoms with van der Waals surface area (Å²) in [6, 6.07) is 8.54. The average molecular weight is 349 g/mol. The maximum Gasteiger partial charge on any atom is 0.343 e. The molecule has 0 atom stereocenters. The van der Waals surface area contributed by atoms with Gasteiger partial charge >= 0.3 is 5.97 Å². The molecule has 0 aliphatic rings. The number of halogens is 1. The summed E-state index contributed by atoms with van der Waals surface area (Å²) in [6.07, 6.45) is 0. The van der Waals surface area contributed by atoms with Crippen molar-refractivity contribution in [1.82, 2.24) is 0 Å². The molecular formula is C19H21ClO4. The van der Waals surface area contributed by atoms with E-state index < -0.39 is 5.97 Å². The number of esters is 1. The van der Waals surface area contributed by atoms with Crippen molar-refractivity contribution in [3.63, 3.8) is 0 Å². The SMILES string of the molecule is COc1ccc(C(=O)Oc2cc(C)c(Cl)cc2C(C)C)cc1OC. The third-order valence-corrected chi connectivity index (χ3v) is 4.14. The molecule has 24 heavy (non-hydrogen) atoms. The van der Waals surface area contributed by atoms with Gasteiger partial charge in [0.2, 0.25) is 0 Å². The van der Waals surface area contributed by atoms with Crippen LogP contribution in [0.5, 0.6) is 17.2 Å². The first-order valence-corrected chi connectivity index (χ1v) is 7.99. The largest absolute Gasteiger partial charge is 0.493 e. The van der Waals surface area contributed by atoms with Crippen LogP contribution in [0.1, 0.15) is 41.3 Å². The van der Waals surface area contributed by atoms with E-state index in [1.54, 1.807) is 31.4 Å². The van der Waals surface area contributed by atoms with Crippen molar-refractivity contribution in [3.8, 4) is 17.2 Å². The van der Waals surface area contributed by atoms with Crippen LogP contribution in [0.2, 0.25) is 5.02 Å². The Morgan fingerprint density at radius 1 is 1.00 bits per heavy atom. The molecule has 5 heteroatoms. The van der Waals surface area contributed by atoms with Crippen LogP contribution in [0.25, 0.3) is 0 Å². The molecule has 2 rings (SSSR count). The van der Waals surface area contributed by atoms with Crippen molar-refractivity contribution < 1.29 is 19.0 Å². The molecule has 2 aromatic carbocycles. The number of aryl methyl sites for hydroxylation is 1. The monoisotopic (exact) mass is 348 g/mol. The number of hydrogen-bond acceptors (Lipinski definition) is 4. The molecule has 128 valence electrons. The Kier molecular flexibility index (Phi) is 5.73. The molecule has 2 aromatic rings. The van der Waals surface area contributed by atoms with Crippen LogP contribution in [-0.2, 0) is 0 Å². The maximum absolute atomic E-state index is 12.5. The number of rotatable bonds is 5. The summed E-state index contributed by atoms with van der Waals surface area (Å²) in [5.74, 6) is 1.27. The summed E-state index contributed by atoms with van der Waals surface area (Å²) in [5.41, 5.74) is 2.13. The minimum absolute atomic E-state index is 0.177. The fourth-order valence-corrected chi connectivity index (χ4v) is 2.50. The Bertz CT molecular complexity index is 753. The van der Waals surface area contributed by atoms with Gasteiger partial charge in [0.25, 0.3) is 0 Å². The van der Waals surface area contributed by atoms with Crippen molar-refractivity contribution >= 4 is 17.6 Å². The second kappa shape index (κ2) is 7.58. The van der Waals surface area contributed by atoms with Gasteiger partial charge in [-0.1, -0.05) is 25.4 Å². The van der Waals surface area contributed by atoms with Crippen molar-refractivity contribution in [3.05, 3.63) is 52.0 Å². The molecule has 0 radical (unpaired) electrons. The molecule has 0 aliphatic carbocycles. The van der Waals surface area contributed by atoms with Gasteiger partial charge in [0.15, 0.2) is 11.5 Å². The molecule has 0 unspecified atom stereocenters. The molecule has 0 saturated carbocycles. The zero-order valence-corrected chi connectivity index (χ0v) is 15.2. The fourth-order valence-electron chi connectivity index (χ4n) is 2.33. The van der Waals surface area contributed by atoms with Gasteiger partial charge in [-0.2, -0.15) is 0 Å². The molecule has 0 spiro atoms. The number of methoxy groups -OCH3 is 2. The quantitative estimate of drug-likeness (QED) is 0.563. The van der Waals surface area contributed by atoms with Gasteiger partial charge in [0.1, 0.15) is 5.75 Å². The Morgan fingerprint density at radius 3 is 2.25 bits per heavy atom. The average Bonchev–Trinajstić information content (AvgIpc) is 2.56. The van der Waals surface area contributed by atoms with Crippen LogP contribution in [0.4, 0.5) is 0 Å². The lowest BCUT2D eigenvalue weighted by Crippen LogP contribution is -2.11. The van der Waals surface area contributed by atoms with Gasteiger partial charge in [0, 0.05) is 5.02 Å². The highest BCUT2D eigenvalue weighted by Crippen LogP contribution is 2.33. The van der Waals surface area contributed by atoms with E-state index in [0.29, 0.717) is 27.8 Å². The summed E-state index contributed by atoms with van der Waals surface area (Å²) in [6.45, 7) is 5.92. The van der Waals surface area contributed by atoms with Crippen molar-refractivity contribution in [1.29, 1.82) is 0 Å². The molecule has 0 N–H and O–H groups in total. The Morgan fingerprint density at radius 2 is 1.67 bits per heavy atom.